The van der Waals surface area contributed by atoms with Crippen LogP contribution in [0.5, 0.6) is 0 Å². The number of carbonyl (C=O) groups excluding carboxylic acids is 1. The third kappa shape index (κ3) is 9.52. The molecule has 14 heavy (non-hydrogen) atoms. The van der Waals surface area contributed by atoms with Crippen LogP contribution in [0.2, 0.25) is 0 Å². The van der Waals surface area contributed by atoms with E-state index < -0.39 is 0 Å². The summed E-state index contributed by atoms with van der Waals surface area (Å²) in [6.07, 6.45) is 4.77. The van der Waals surface area contributed by atoms with E-state index in [4.69, 9.17) is 5.73 Å². The summed E-state index contributed by atoms with van der Waals surface area (Å²) < 4.78 is 0. The molecule has 0 aliphatic carbocycles. The van der Waals surface area contributed by atoms with Crippen molar-refractivity contribution >= 4 is 5.91 Å². The molecule has 0 aromatic rings. The zero-order chi connectivity index (χ0) is 10.8. The lowest BCUT2D eigenvalue weighted by Gasteiger charge is -2.06. The number of rotatable bonds is 8. The molecule has 3 heteroatoms. The standard InChI is InChI=1S/C11H24N2O/c1-10(2)7-9-13-11(14)6-4-3-5-8-12/h10H,3-9,12H2,1-2H3,(H,13,14). The van der Waals surface area contributed by atoms with Gasteiger partial charge in [-0.05, 0) is 31.7 Å². The van der Waals surface area contributed by atoms with Gasteiger partial charge in [-0.3, -0.25) is 4.79 Å². The smallest absolute Gasteiger partial charge is 0.219 e. The van der Waals surface area contributed by atoms with Crippen molar-refractivity contribution in [2.45, 2.75) is 46.0 Å². The highest BCUT2D eigenvalue weighted by Crippen LogP contribution is 1.99. The molecule has 0 aromatic carbocycles. The lowest BCUT2D eigenvalue weighted by atomic mass is 10.1. The van der Waals surface area contributed by atoms with Crippen molar-refractivity contribution < 1.29 is 4.79 Å². The number of nitrogens with one attached hydrogen (secondary N) is 1. The molecule has 3 nitrogen and oxygen atoms in total. The minimum Gasteiger partial charge on any atom is -0.356 e. The molecule has 3 N–H and O–H groups in total. The summed E-state index contributed by atoms with van der Waals surface area (Å²) in [6, 6.07) is 0. The van der Waals surface area contributed by atoms with Gasteiger partial charge in [0, 0.05) is 13.0 Å². The molecular weight excluding hydrogens is 176 g/mol. The molecule has 0 unspecified atom stereocenters. The molecule has 0 saturated carbocycles. The summed E-state index contributed by atoms with van der Waals surface area (Å²) in [7, 11) is 0. The number of carbonyl (C=O) groups is 1. The van der Waals surface area contributed by atoms with Gasteiger partial charge in [0.05, 0.1) is 0 Å². The molecular formula is C11H24N2O. The van der Waals surface area contributed by atoms with Crippen LogP contribution in [0.4, 0.5) is 0 Å². The Bertz CT molecular complexity index is 146. The van der Waals surface area contributed by atoms with E-state index in [0.717, 1.165) is 38.8 Å². The Morgan fingerprint density at radius 3 is 2.57 bits per heavy atom. The highest BCUT2D eigenvalue weighted by Gasteiger charge is 2.00. The molecule has 84 valence electrons. The van der Waals surface area contributed by atoms with Crippen LogP contribution in [0.3, 0.4) is 0 Å². The van der Waals surface area contributed by atoms with Crippen LogP contribution in [0.25, 0.3) is 0 Å². The third-order valence-corrected chi connectivity index (χ3v) is 2.15. The Morgan fingerprint density at radius 1 is 1.29 bits per heavy atom. The first-order valence-corrected chi connectivity index (χ1v) is 5.63. The van der Waals surface area contributed by atoms with Gasteiger partial charge in [-0.25, -0.2) is 0 Å². The van der Waals surface area contributed by atoms with Crippen LogP contribution in [0.15, 0.2) is 0 Å². The van der Waals surface area contributed by atoms with Gasteiger partial charge in [0.15, 0.2) is 0 Å². The molecule has 1 amide bonds. The van der Waals surface area contributed by atoms with Gasteiger partial charge < -0.3 is 11.1 Å². The van der Waals surface area contributed by atoms with Gasteiger partial charge in [0.25, 0.3) is 0 Å². The average molecular weight is 200 g/mol. The van der Waals surface area contributed by atoms with E-state index in [-0.39, 0.29) is 5.91 Å². The molecule has 0 rings (SSSR count). The van der Waals surface area contributed by atoms with Crippen molar-refractivity contribution in [2.75, 3.05) is 13.1 Å². The Hall–Kier alpha value is -0.570. The summed E-state index contributed by atoms with van der Waals surface area (Å²) in [5, 5.41) is 2.92. The van der Waals surface area contributed by atoms with Crippen molar-refractivity contribution in [3.63, 3.8) is 0 Å². The van der Waals surface area contributed by atoms with Crippen LogP contribution in [-0.4, -0.2) is 19.0 Å². The number of amides is 1. The fourth-order valence-corrected chi connectivity index (χ4v) is 1.20. The van der Waals surface area contributed by atoms with E-state index in [9.17, 15) is 4.79 Å². The number of hydrogen-bond donors (Lipinski definition) is 2. The Labute approximate surface area is 87.4 Å². The van der Waals surface area contributed by atoms with E-state index in [1.54, 1.807) is 0 Å². The molecule has 0 heterocycles. The van der Waals surface area contributed by atoms with E-state index in [1.165, 1.54) is 0 Å². The first-order chi connectivity index (χ1) is 6.66. The van der Waals surface area contributed by atoms with Crippen molar-refractivity contribution in [1.29, 1.82) is 0 Å². The van der Waals surface area contributed by atoms with Crippen molar-refractivity contribution in [1.82, 2.24) is 5.32 Å². The minimum atomic E-state index is 0.183. The predicted molar refractivity (Wildman–Crippen MR) is 60.0 cm³/mol. The maximum absolute atomic E-state index is 11.2. The van der Waals surface area contributed by atoms with Gasteiger partial charge in [0.2, 0.25) is 5.91 Å². The highest BCUT2D eigenvalue weighted by atomic mass is 16.1. The normalized spacial score (nSPS) is 10.6. The van der Waals surface area contributed by atoms with Crippen LogP contribution in [0, 0.1) is 5.92 Å². The summed E-state index contributed by atoms with van der Waals surface area (Å²) >= 11 is 0. The van der Waals surface area contributed by atoms with Crippen LogP contribution in [-0.2, 0) is 4.79 Å². The topological polar surface area (TPSA) is 55.1 Å². The molecule has 0 aromatic heterocycles. The van der Waals surface area contributed by atoms with Crippen LogP contribution in [0.1, 0.15) is 46.0 Å². The van der Waals surface area contributed by atoms with Gasteiger partial charge >= 0.3 is 0 Å². The van der Waals surface area contributed by atoms with Crippen molar-refractivity contribution in [2.24, 2.45) is 11.7 Å². The monoisotopic (exact) mass is 200 g/mol. The number of unbranched alkanes of at least 4 members (excludes halogenated alkanes) is 2. The quantitative estimate of drug-likeness (QED) is 0.586. The summed E-state index contributed by atoms with van der Waals surface area (Å²) in [5.74, 6) is 0.843. The predicted octanol–water partition coefficient (Wildman–Crippen LogP) is 1.67. The Kier molecular flexibility index (Phi) is 8.64. The SMILES string of the molecule is CC(C)CCNC(=O)CCCCCN. The van der Waals surface area contributed by atoms with Gasteiger partial charge in [-0.15, -0.1) is 0 Å². The summed E-state index contributed by atoms with van der Waals surface area (Å²) in [5.41, 5.74) is 5.36. The maximum Gasteiger partial charge on any atom is 0.219 e. The lowest BCUT2D eigenvalue weighted by molar-refractivity contribution is -0.121. The highest BCUT2D eigenvalue weighted by molar-refractivity contribution is 5.75. The second kappa shape index (κ2) is 9.00. The first-order valence-electron chi connectivity index (χ1n) is 5.63. The number of nitrogens with two attached hydrogens (primary N) is 1. The molecule has 0 radical (unpaired) electrons. The largest absolute Gasteiger partial charge is 0.356 e. The third-order valence-electron chi connectivity index (χ3n) is 2.15. The van der Waals surface area contributed by atoms with E-state index in [0.29, 0.717) is 12.3 Å². The number of hydrogen-bond acceptors (Lipinski definition) is 2. The van der Waals surface area contributed by atoms with Crippen LogP contribution < -0.4 is 11.1 Å². The fraction of sp³-hybridized carbons (Fsp3) is 0.909. The first kappa shape index (κ1) is 13.4. The molecule has 0 fully saturated rings. The average Bonchev–Trinajstić information content (AvgIpc) is 2.12. The summed E-state index contributed by atoms with van der Waals surface area (Å²) in [4.78, 5) is 11.2. The fourth-order valence-electron chi connectivity index (χ4n) is 1.20. The maximum atomic E-state index is 11.2. The Balaban J connectivity index is 3.20. The van der Waals surface area contributed by atoms with Crippen molar-refractivity contribution in [3.05, 3.63) is 0 Å². The van der Waals surface area contributed by atoms with Gasteiger partial charge in [-0.2, -0.15) is 0 Å². The molecule has 0 aliphatic rings. The van der Waals surface area contributed by atoms with E-state index in [1.807, 2.05) is 0 Å². The zero-order valence-electron chi connectivity index (χ0n) is 9.51. The second-order valence-electron chi connectivity index (χ2n) is 4.13. The molecule has 0 atom stereocenters. The molecule has 0 bridgehead atoms. The zero-order valence-corrected chi connectivity index (χ0v) is 9.51. The van der Waals surface area contributed by atoms with E-state index in [2.05, 4.69) is 19.2 Å². The molecule has 0 aliphatic heterocycles. The molecule has 0 saturated heterocycles. The second-order valence-corrected chi connectivity index (χ2v) is 4.13. The van der Waals surface area contributed by atoms with Crippen molar-refractivity contribution in [3.8, 4) is 0 Å². The van der Waals surface area contributed by atoms with E-state index >= 15 is 0 Å². The van der Waals surface area contributed by atoms with Gasteiger partial charge in [0.1, 0.15) is 0 Å². The molecule has 0 spiro atoms. The van der Waals surface area contributed by atoms with Gasteiger partial charge in [-0.1, -0.05) is 20.3 Å². The summed E-state index contributed by atoms with van der Waals surface area (Å²) in [6.45, 7) is 5.86. The lowest BCUT2D eigenvalue weighted by Crippen LogP contribution is -2.24. The minimum absolute atomic E-state index is 0.183. The van der Waals surface area contributed by atoms with Crippen LogP contribution >= 0.6 is 0 Å². The Morgan fingerprint density at radius 2 is 2.00 bits per heavy atom.